The molecule has 1 aliphatic carbocycles. The third-order valence-electron chi connectivity index (χ3n) is 5.16. The fraction of sp³-hybridized carbons (Fsp3) is 0. The summed E-state index contributed by atoms with van der Waals surface area (Å²) in [5, 5.41) is 5.40. The Kier molecular flexibility index (Phi) is 3.78. The van der Waals surface area contributed by atoms with E-state index in [2.05, 4.69) is 20.9 Å². The first-order valence-corrected chi connectivity index (χ1v) is 10.8. The zero-order chi connectivity index (χ0) is 20.4. The molecular weight excluding hydrogens is 465 g/mol. The van der Waals surface area contributed by atoms with Crippen molar-refractivity contribution in [3.05, 3.63) is 88.1 Å². The van der Waals surface area contributed by atoms with Crippen LogP contribution in [-0.4, -0.2) is 20.5 Å². The lowest BCUT2D eigenvalue weighted by Crippen LogP contribution is -2.00. The molecule has 0 aliphatic heterocycles. The largest absolute Gasteiger partial charge is 0.288 e. The molecule has 6 rings (SSSR count). The van der Waals surface area contributed by atoms with Crippen LogP contribution in [0, 0.1) is 5.82 Å². The number of hydrogen-bond acceptors (Lipinski definition) is 4. The van der Waals surface area contributed by atoms with E-state index >= 15 is 0 Å². The first kappa shape index (κ1) is 17.7. The minimum absolute atomic E-state index is 0.0472. The van der Waals surface area contributed by atoms with Crippen LogP contribution in [0.5, 0.6) is 0 Å². The lowest BCUT2D eigenvalue weighted by molar-refractivity contribution is 0.104. The Labute approximate surface area is 182 Å². The van der Waals surface area contributed by atoms with Crippen molar-refractivity contribution < 1.29 is 9.18 Å². The van der Waals surface area contributed by atoms with Crippen LogP contribution in [0.2, 0.25) is 0 Å². The molecule has 0 saturated heterocycles. The summed E-state index contributed by atoms with van der Waals surface area (Å²) in [4.78, 5) is 18.0. The third kappa shape index (κ3) is 2.52. The van der Waals surface area contributed by atoms with Crippen molar-refractivity contribution in [2.24, 2.45) is 0 Å². The molecule has 0 bridgehead atoms. The summed E-state index contributed by atoms with van der Waals surface area (Å²) in [7, 11) is 0. The molecule has 0 unspecified atom stereocenters. The Bertz CT molecular complexity index is 1500. The van der Waals surface area contributed by atoms with Crippen molar-refractivity contribution in [3.8, 4) is 27.6 Å². The number of nitrogens with zero attached hydrogens (tertiary/aromatic N) is 3. The number of aromatic nitrogens is 3. The molecule has 0 amide bonds. The highest BCUT2D eigenvalue weighted by atomic mass is 79.9. The molecule has 0 spiro atoms. The molecule has 2 heterocycles. The third-order valence-corrected chi connectivity index (χ3v) is 6.64. The van der Waals surface area contributed by atoms with E-state index in [-0.39, 0.29) is 11.6 Å². The van der Waals surface area contributed by atoms with Crippen molar-refractivity contribution in [3.63, 3.8) is 0 Å². The normalized spacial score (nSPS) is 12.4. The average Bonchev–Trinajstić information content (AvgIpc) is 3.41. The molecule has 0 saturated carbocycles. The van der Waals surface area contributed by atoms with Crippen LogP contribution >= 0.6 is 27.3 Å². The molecule has 0 fully saturated rings. The smallest absolute Gasteiger partial charge is 0.212 e. The van der Waals surface area contributed by atoms with Gasteiger partial charge in [0.1, 0.15) is 11.5 Å². The number of benzene rings is 3. The van der Waals surface area contributed by atoms with Crippen molar-refractivity contribution in [1.29, 1.82) is 0 Å². The number of thiazole rings is 1. The van der Waals surface area contributed by atoms with Gasteiger partial charge in [-0.2, -0.15) is 5.10 Å². The van der Waals surface area contributed by atoms with Gasteiger partial charge in [-0.05, 0) is 30.3 Å². The summed E-state index contributed by atoms with van der Waals surface area (Å²) in [5.74, 6) is -0.354. The van der Waals surface area contributed by atoms with E-state index in [0.29, 0.717) is 27.5 Å². The van der Waals surface area contributed by atoms with Crippen LogP contribution in [0.3, 0.4) is 0 Å². The van der Waals surface area contributed by atoms with E-state index in [1.54, 1.807) is 10.7 Å². The van der Waals surface area contributed by atoms with Crippen LogP contribution in [0.15, 0.2) is 71.2 Å². The van der Waals surface area contributed by atoms with Gasteiger partial charge < -0.3 is 0 Å². The van der Waals surface area contributed by atoms with Gasteiger partial charge in [-0.1, -0.05) is 63.7 Å². The van der Waals surface area contributed by atoms with Gasteiger partial charge in [0.2, 0.25) is 5.13 Å². The van der Waals surface area contributed by atoms with E-state index in [4.69, 9.17) is 5.10 Å². The second kappa shape index (κ2) is 6.42. The molecule has 0 atom stereocenters. The van der Waals surface area contributed by atoms with E-state index in [1.165, 1.54) is 23.5 Å². The zero-order valence-electron chi connectivity index (χ0n) is 15.3. The molecule has 2 aromatic heterocycles. The second-order valence-corrected chi connectivity index (χ2v) is 8.90. The maximum Gasteiger partial charge on any atom is 0.212 e. The predicted molar refractivity (Wildman–Crippen MR) is 119 cm³/mol. The number of ketones is 1. The Balaban J connectivity index is 1.67. The molecule has 0 N–H and O–H groups in total. The Hall–Kier alpha value is -3.16. The number of carbonyl (C=O) groups excluding carboxylic acids is 1. The van der Waals surface area contributed by atoms with Gasteiger partial charge in [-0.25, -0.2) is 14.1 Å². The van der Waals surface area contributed by atoms with Crippen LogP contribution in [-0.2, 0) is 0 Å². The van der Waals surface area contributed by atoms with E-state index < -0.39 is 0 Å². The topological polar surface area (TPSA) is 47.8 Å². The highest BCUT2D eigenvalue weighted by molar-refractivity contribution is 9.10. The fourth-order valence-electron chi connectivity index (χ4n) is 3.86. The zero-order valence-corrected chi connectivity index (χ0v) is 17.7. The van der Waals surface area contributed by atoms with E-state index in [1.807, 2.05) is 48.5 Å². The van der Waals surface area contributed by atoms with Crippen molar-refractivity contribution in [1.82, 2.24) is 14.8 Å². The number of rotatable bonds is 2. The van der Waals surface area contributed by atoms with Gasteiger partial charge in [0.25, 0.3) is 0 Å². The van der Waals surface area contributed by atoms with Crippen molar-refractivity contribution in [2.45, 2.75) is 0 Å². The Morgan fingerprint density at radius 3 is 2.63 bits per heavy atom. The standard InChI is InChI=1S/C23H11BrFN3OS/c24-13-5-3-4-12(10-13)20-19-21(15-6-1-2-7-16(15)22(19)29)28(27-20)23-26-17-9-8-14(25)11-18(17)30-23/h1-11H. The van der Waals surface area contributed by atoms with Gasteiger partial charge in [0.05, 0.1) is 21.5 Å². The predicted octanol–water partition coefficient (Wildman–Crippen LogP) is 6.26. The van der Waals surface area contributed by atoms with Gasteiger partial charge in [0.15, 0.2) is 5.78 Å². The van der Waals surface area contributed by atoms with Crippen LogP contribution in [0.1, 0.15) is 15.9 Å². The Morgan fingerprint density at radius 1 is 0.967 bits per heavy atom. The van der Waals surface area contributed by atoms with Gasteiger partial charge >= 0.3 is 0 Å². The van der Waals surface area contributed by atoms with Crippen LogP contribution < -0.4 is 0 Å². The van der Waals surface area contributed by atoms with Crippen molar-refractivity contribution in [2.75, 3.05) is 0 Å². The molecule has 7 heteroatoms. The summed E-state index contributed by atoms with van der Waals surface area (Å²) < 4.78 is 17.0. The fourth-order valence-corrected chi connectivity index (χ4v) is 5.21. The number of halogens is 2. The first-order chi connectivity index (χ1) is 14.6. The van der Waals surface area contributed by atoms with Gasteiger partial charge in [-0.3, -0.25) is 4.79 Å². The summed E-state index contributed by atoms with van der Waals surface area (Å²) in [5.41, 5.74) is 4.93. The molecule has 3 aromatic carbocycles. The summed E-state index contributed by atoms with van der Waals surface area (Å²) in [6.07, 6.45) is 0. The average molecular weight is 476 g/mol. The van der Waals surface area contributed by atoms with Crippen LogP contribution in [0.25, 0.3) is 37.9 Å². The summed E-state index contributed by atoms with van der Waals surface area (Å²) in [6.45, 7) is 0. The molecule has 5 aromatic rings. The minimum atomic E-state index is -0.307. The molecular formula is C23H11BrFN3OS. The highest BCUT2D eigenvalue weighted by Crippen LogP contribution is 2.43. The lowest BCUT2D eigenvalue weighted by atomic mass is 10.0. The Morgan fingerprint density at radius 2 is 1.80 bits per heavy atom. The molecule has 144 valence electrons. The highest BCUT2D eigenvalue weighted by Gasteiger charge is 2.35. The lowest BCUT2D eigenvalue weighted by Gasteiger charge is -2.03. The number of fused-ring (bicyclic) bond motifs is 4. The van der Waals surface area contributed by atoms with E-state index in [0.717, 1.165) is 26.0 Å². The molecule has 4 nitrogen and oxygen atoms in total. The maximum absolute atomic E-state index is 13.7. The van der Waals surface area contributed by atoms with Crippen LogP contribution in [0.4, 0.5) is 4.39 Å². The quantitative estimate of drug-likeness (QED) is 0.296. The van der Waals surface area contributed by atoms with Gasteiger partial charge in [0, 0.05) is 21.2 Å². The number of hydrogen-bond donors (Lipinski definition) is 0. The second-order valence-electron chi connectivity index (χ2n) is 6.98. The molecule has 30 heavy (non-hydrogen) atoms. The maximum atomic E-state index is 13.7. The molecule has 1 aliphatic rings. The van der Waals surface area contributed by atoms with Crippen molar-refractivity contribution >= 4 is 43.3 Å². The number of carbonyl (C=O) groups is 1. The van der Waals surface area contributed by atoms with Gasteiger partial charge in [-0.15, -0.1) is 0 Å². The molecule has 0 radical (unpaired) electrons. The first-order valence-electron chi connectivity index (χ1n) is 9.20. The summed E-state index contributed by atoms with van der Waals surface area (Å²) in [6, 6.07) is 19.8. The summed E-state index contributed by atoms with van der Waals surface area (Å²) >= 11 is 4.85. The minimum Gasteiger partial charge on any atom is -0.288 e. The SMILES string of the molecule is O=C1c2ccccc2-c2c1c(-c1cccc(Br)c1)nn2-c1nc2ccc(F)cc2s1. The van der Waals surface area contributed by atoms with E-state index in [9.17, 15) is 9.18 Å². The monoisotopic (exact) mass is 475 g/mol.